The van der Waals surface area contributed by atoms with E-state index in [1.54, 1.807) is 0 Å². The highest BCUT2D eigenvalue weighted by Gasteiger charge is 2.37. The Kier molecular flexibility index (Phi) is 3.89. The number of Topliss-reactive ketones (excluding diaryl/α,β-unsaturated/α-hetero) is 1. The van der Waals surface area contributed by atoms with Gasteiger partial charge >= 0.3 is 0 Å². The van der Waals surface area contributed by atoms with Crippen LogP contribution in [0, 0.1) is 12.3 Å². The van der Waals surface area contributed by atoms with E-state index < -0.39 is 8.32 Å². The largest absolute Gasteiger partial charge is 0.408 e. The molecule has 2 nitrogen and oxygen atoms in total. The van der Waals surface area contributed by atoms with Gasteiger partial charge in [0.25, 0.3) is 0 Å². The van der Waals surface area contributed by atoms with Gasteiger partial charge in [0.2, 0.25) is 5.78 Å². The molecule has 0 N–H and O–H groups in total. The van der Waals surface area contributed by atoms with Crippen LogP contribution in [0.4, 0.5) is 0 Å². The van der Waals surface area contributed by atoms with Crippen LogP contribution in [0.25, 0.3) is 0 Å². The van der Waals surface area contributed by atoms with Crippen LogP contribution < -0.4 is 0 Å². The van der Waals surface area contributed by atoms with Crippen LogP contribution in [0.2, 0.25) is 18.1 Å². The van der Waals surface area contributed by atoms with Crippen molar-refractivity contribution in [3.05, 3.63) is 0 Å². The molecule has 0 aromatic carbocycles. The van der Waals surface area contributed by atoms with E-state index in [1.807, 2.05) is 5.92 Å². The lowest BCUT2D eigenvalue weighted by molar-refractivity contribution is -0.115. The zero-order valence-electron chi connectivity index (χ0n) is 9.10. The van der Waals surface area contributed by atoms with Gasteiger partial charge in [0, 0.05) is 0 Å². The molecule has 0 radical (unpaired) electrons. The smallest absolute Gasteiger partial charge is 0.229 e. The summed E-state index contributed by atoms with van der Waals surface area (Å²) in [6.45, 7) is 10.6. The molecule has 0 bridgehead atoms. The molecule has 0 aromatic heterocycles. The molecular weight excluding hydrogens is 180 g/mol. The van der Waals surface area contributed by atoms with Crippen molar-refractivity contribution >= 4 is 14.1 Å². The van der Waals surface area contributed by atoms with E-state index in [9.17, 15) is 4.79 Å². The standard InChI is InChI=1S/C10H18O2Si/c1-7-9(11)8-12-13(5,6)10(2,3)4/h1H,8H2,2-6H3. The number of hydrogen-bond donors (Lipinski definition) is 0. The summed E-state index contributed by atoms with van der Waals surface area (Å²) in [5, 5.41) is 0.127. The van der Waals surface area contributed by atoms with E-state index in [1.165, 1.54) is 0 Å². The second-order valence-electron chi connectivity index (χ2n) is 4.62. The Morgan fingerprint density at radius 1 is 1.46 bits per heavy atom. The van der Waals surface area contributed by atoms with Crippen LogP contribution in [-0.4, -0.2) is 20.7 Å². The number of rotatable bonds is 3. The number of carbonyl (C=O) groups is 1. The van der Waals surface area contributed by atoms with Gasteiger partial charge < -0.3 is 4.43 Å². The number of ketones is 1. The molecule has 13 heavy (non-hydrogen) atoms. The van der Waals surface area contributed by atoms with Crippen LogP contribution in [0.15, 0.2) is 0 Å². The average Bonchev–Trinajstić information content (AvgIpc) is 1.98. The molecule has 0 saturated heterocycles. The van der Waals surface area contributed by atoms with E-state index in [0.29, 0.717) is 0 Å². The van der Waals surface area contributed by atoms with Crippen LogP contribution >= 0.6 is 0 Å². The molecule has 0 aromatic rings. The minimum atomic E-state index is -1.80. The summed E-state index contributed by atoms with van der Waals surface area (Å²) in [4.78, 5) is 10.8. The van der Waals surface area contributed by atoms with Crippen LogP contribution in [-0.2, 0) is 9.22 Å². The van der Waals surface area contributed by atoms with E-state index >= 15 is 0 Å². The van der Waals surface area contributed by atoms with Gasteiger partial charge in [0.1, 0.15) is 6.61 Å². The highest BCUT2D eigenvalue weighted by molar-refractivity contribution is 6.74. The molecule has 0 aliphatic heterocycles. The summed E-state index contributed by atoms with van der Waals surface area (Å²) < 4.78 is 5.59. The molecule has 0 spiro atoms. The number of terminal acetylenes is 1. The third kappa shape index (κ3) is 3.75. The normalized spacial score (nSPS) is 12.3. The lowest BCUT2D eigenvalue weighted by Crippen LogP contribution is -2.41. The third-order valence-electron chi connectivity index (χ3n) is 2.53. The Bertz CT molecular complexity index is 230. The second kappa shape index (κ2) is 4.08. The predicted octanol–water partition coefficient (Wildman–Crippen LogP) is 2.21. The Labute approximate surface area is 81.8 Å². The zero-order chi connectivity index (χ0) is 10.7. The van der Waals surface area contributed by atoms with Crippen LogP contribution in [0.3, 0.4) is 0 Å². The summed E-state index contributed by atoms with van der Waals surface area (Å²) in [5.74, 6) is 1.77. The van der Waals surface area contributed by atoms with Gasteiger partial charge in [-0.3, -0.25) is 4.79 Å². The van der Waals surface area contributed by atoms with E-state index in [0.717, 1.165) is 0 Å². The third-order valence-corrected chi connectivity index (χ3v) is 7.01. The lowest BCUT2D eigenvalue weighted by atomic mass is 10.2. The maximum Gasteiger partial charge on any atom is 0.229 e. The summed E-state index contributed by atoms with van der Waals surface area (Å²) >= 11 is 0. The number of carbonyl (C=O) groups excluding carboxylic acids is 1. The second-order valence-corrected chi connectivity index (χ2v) is 9.43. The highest BCUT2D eigenvalue weighted by atomic mass is 28.4. The van der Waals surface area contributed by atoms with Gasteiger partial charge in [-0.2, -0.15) is 0 Å². The number of hydrogen-bond acceptors (Lipinski definition) is 2. The quantitative estimate of drug-likeness (QED) is 0.395. The van der Waals surface area contributed by atoms with Gasteiger partial charge in [-0.1, -0.05) is 20.8 Å². The first kappa shape index (κ1) is 12.4. The SMILES string of the molecule is C#CC(=O)CO[Si](C)(C)C(C)(C)C. The Balaban J connectivity index is 4.22. The van der Waals surface area contributed by atoms with Crippen molar-refractivity contribution in [3.8, 4) is 12.3 Å². The maximum absolute atomic E-state index is 10.8. The fourth-order valence-electron chi connectivity index (χ4n) is 0.504. The molecule has 0 rings (SSSR count). The van der Waals surface area contributed by atoms with Crippen molar-refractivity contribution < 1.29 is 9.22 Å². The maximum atomic E-state index is 10.8. The molecule has 0 heterocycles. The highest BCUT2D eigenvalue weighted by Crippen LogP contribution is 2.36. The lowest BCUT2D eigenvalue weighted by Gasteiger charge is -2.35. The summed E-state index contributed by atoms with van der Waals surface area (Å²) in [7, 11) is -1.80. The molecular formula is C10H18O2Si. The Morgan fingerprint density at radius 2 is 1.92 bits per heavy atom. The monoisotopic (exact) mass is 198 g/mol. The zero-order valence-corrected chi connectivity index (χ0v) is 10.1. The fraction of sp³-hybridized carbons (Fsp3) is 0.700. The molecule has 0 fully saturated rings. The molecule has 0 saturated carbocycles. The molecule has 0 aliphatic rings. The topological polar surface area (TPSA) is 26.3 Å². The van der Waals surface area contributed by atoms with Gasteiger partial charge in [-0.05, 0) is 24.1 Å². The molecule has 0 amide bonds. The van der Waals surface area contributed by atoms with Crippen LogP contribution in [0.1, 0.15) is 20.8 Å². The first-order valence-corrected chi connectivity index (χ1v) is 7.25. The van der Waals surface area contributed by atoms with E-state index in [2.05, 4.69) is 33.9 Å². The predicted molar refractivity (Wildman–Crippen MR) is 57.0 cm³/mol. The van der Waals surface area contributed by atoms with E-state index in [4.69, 9.17) is 10.8 Å². The minimum absolute atomic E-state index is 0.0625. The van der Waals surface area contributed by atoms with Crippen molar-refractivity contribution in [1.29, 1.82) is 0 Å². The van der Waals surface area contributed by atoms with Gasteiger partial charge in [0.15, 0.2) is 8.32 Å². The first-order valence-electron chi connectivity index (χ1n) is 4.34. The molecule has 0 atom stereocenters. The summed E-state index contributed by atoms with van der Waals surface area (Å²) in [5.41, 5.74) is 0. The Morgan fingerprint density at radius 3 is 2.23 bits per heavy atom. The van der Waals surface area contributed by atoms with Gasteiger partial charge in [0.05, 0.1) is 0 Å². The van der Waals surface area contributed by atoms with Gasteiger partial charge in [-0.25, -0.2) is 0 Å². The average molecular weight is 198 g/mol. The molecule has 74 valence electrons. The van der Waals surface area contributed by atoms with Crippen molar-refractivity contribution in [2.45, 2.75) is 38.9 Å². The van der Waals surface area contributed by atoms with Crippen LogP contribution in [0.5, 0.6) is 0 Å². The van der Waals surface area contributed by atoms with Crippen molar-refractivity contribution in [3.63, 3.8) is 0 Å². The molecule has 0 unspecified atom stereocenters. The van der Waals surface area contributed by atoms with Crippen molar-refractivity contribution in [1.82, 2.24) is 0 Å². The van der Waals surface area contributed by atoms with Gasteiger partial charge in [-0.15, -0.1) is 6.42 Å². The van der Waals surface area contributed by atoms with Crippen molar-refractivity contribution in [2.75, 3.05) is 6.61 Å². The van der Waals surface area contributed by atoms with Crippen molar-refractivity contribution in [2.24, 2.45) is 0 Å². The first-order chi connectivity index (χ1) is 5.70. The fourth-order valence-corrected chi connectivity index (χ4v) is 1.43. The summed E-state index contributed by atoms with van der Waals surface area (Å²) in [6.07, 6.45) is 4.95. The minimum Gasteiger partial charge on any atom is -0.408 e. The molecule has 0 aliphatic carbocycles. The Hall–Kier alpha value is -0.593. The molecule has 3 heteroatoms. The van der Waals surface area contributed by atoms with E-state index in [-0.39, 0.29) is 17.4 Å². The summed E-state index contributed by atoms with van der Waals surface area (Å²) in [6, 6.07) is 0.